The molecule has 0 radical (unpaired) electrons. The zero-order chi connectivity index (χ0) is 25.2. The van der Waals surface area contributed by atoms with Crippen molar-refractivity contribution in [3.8, 4) is 11.4 Å². The van der Waals surface area contributed by atoms with Crippen LogP contribution in [0.5, 0.6) is 0 Å². The molecular weight excluding hydrogens is 420 g/mol. The molecular formula is C29H42N4O. The van der Waals surface area contributed by atoms with Gasteiger partial charge in [0.1, 0.15) is 5.82 Å². The lowest BCUT2D eigenvalue weighted by Crippen LogP contribution is -2.46. The van der Waals surface area contributed by atoms with Crippen LogP contribution in [0.1, 0.15) is 58.2 Å². The highest BCUT2D eigenvalue weighted by atomic mass is 16.2. The number of aryl methyl sites for hydroxylation is 2. The standard InChI is InChI=1S/C29H42N4O/c1-19(2)17-32(18-20(3)4)28(34)29(7,8)24-9-10-25-26(16-24)33(12-11-30)27(31-25)23-14-21(5)13-22(6)15-23/h9-10,13-16,19-20H,11-12,17-18,30H2,1-8H3. The second kappa shape index (κ2) is 10.3. The van der Waals surface area contributed by atoms with Crippen LogP contribution in [0.2, 0.25) is 0 Å². The first-order valence-electron chi connectivity index (χ1n) is 12.5. The molecule has 0 aliphatic rings. The van der Waals surface area contributed by atoms with Gasteiger partial charge in [-0.2, -0.15) is 0 Å². The number of imidazole rings is 1. The molecule has 0 bridgehead atoms. The van der Waals surface area contributed by atoms with Crippen LogP contribution in [0, 0.1) is 25.7 Å². The fraction of sp³-hybridized carbons (Fsp3) is 0.517. The first kappa shape index (κ1) is 26.0. The van der Waals surface area contributed by atoms with Crippen molar-refractivity contribution in [3.63, 3.8) is 0 Å². The summed E-state index contributed by atoms with van der Waals surface area (Å²) in [6.45, 7) is 19.7. The number of rotatable bonds is 9. The molecule has 2 aromatic carbocycles. The molecule has 34 heavy (non-hydrogen) atoms. The van der Waals surface area contributed by atoms with Crippen LogP contribution >= 0.6 is 0 Å². The molecule has 2 N–H and O–H groups in total. The molecule has 1 amide bonds. The van der Waals surface area contributed by atoms with Crippen LogP contribution in [0.15, 0.2) is 36.4 Å². The van der Waals surface area contributed by atoms with Crippen molar-refractivity contribution in [1.29, 1.82) is 0 Å². The summed E-state index contributed by atoms with van der Waals surface area (Å²) in [5.74, 6) is 1.95. The Labute approximate surface area is 205 Å². The molecule has 3 rings (SSSR count). The lowest BCUT2D eigenvalue weighted by Gasteiger charge is -2.34. The van der Waals surface area contributed by atoms with Crippen LogP contribution < -0.4 is 5.73 Å². The number of nitrogens with zero attached hydrogens (tertiary/aromatic N) is 3. The van der Waals surface area contributed by atoms with Crippen molar-refractivity contribution >= 4 is 16.9 Å². The smallest absolute Gasteiger partial charge is 0.232 e. The third-order valence-electron chi connectivity index (χ3n) is 6.30. The van der Waals surface area contributed by atoms with Crippen molar-refractivity contribution in [3.05, 3.63) is 53.1 Å². The van der Waals surface area contributed by atoms with E-state index >= 15 is 0 Å². The number of aromatic nitrogens is 2. The number of hydrogen-bond acceptors (Lipinski definition) is 3. The minimum Gasteiger partial charge on any atom is -0.341 e. The highest BCUT2D eigenvalue weighted by Crippen LogP contribution is 2.32. The van der Waals surface area contributed by atoms with Gasteiger partial charge in [0.25, 0.3) is 0 Å². The molecule has 0 aliphatic heterocycles. The number of nitrogens with two attached hydrogens (primary N) is 1. The molecule has 5 nitrogen and oxygen atoms in total. The van der Waals surface area contributed by atoms with Crippen molar-refractivity contribution in [1.82, 2.24) is 14.5 Å². The summed E-state index contributed by atoms with van der Waals surface area (Å²) >= 11 is 0. The van der Waals surface area contributed by atoms with Crippen molar-refractivity contribution < 1.29 is 4.79 Å². The van der Waals surface area contributed by atoms with E-state index < -0.39 is 5.41 Å². The van der Waals surface area contributed by atoms with E-state index in [9.17, 15) is 4.79 Å². The average molecular weight is 463 g/mol. The SMILES string of the molecule is Cc1cc(C)cc(-c2nc3ccc(C(C)(C)C(=O)N(CC(C)C)CC(C)C)cc3n2CCN)c1. The second-order valence-electron chi connectivity index (χ2n) is 11.1. The summed E-state index contributed by atoms with van der Waals surface area (Å²) in [6.07, 6.45) is 0. The first-order valence-corrected chi connectivity index (χ1v) is 12.5. The Hall–Kier alpha value is -2.66. The molecule has 1 aromatic heterocycles. The Morgan fingerprint density at radius 3 is 2.12 bits per heavy atom. The van der Waals surface area contributed by atoms with Gasteiger partial charge in [0, 0.05) is 31.7 Å². The van der Waals surface area contributed by atoms with Crippen molar-refractivity contribution in [2.24, 2.45) is 17.6 Å². The van der Waals surface area contributed by atoms with E-state index in [2.05, 4.69) is 76.4 Å². The van der Waals surface area contributed by atoms with Crippen LogP contribution in [0.3, 0.4) is 0 Å². The molecule has 3 aromatic rings. The van der Waals surface area contributed by atoms with Gasteiger partial charge in [-0.25, -0.2) is 4.98 Å². The predicted octanol–water partition coefficient (Wildman–Crippen LogP) is 5.70. The van der Waals surface area contributed by atoms with E-state index in [4.69, 9.17) is 10.7 Å². The van der Waals surface area contributed by atoms with Gasteiger partial charge in [0.05, 0.1) is 16.4 Å². The summed E-state index contributed by atoms with van der Waals surface area (Å²) in [4.78, 5) is 20.8. The monoisotopic (exact) mass is 462 g/mol. The maximum Gasteiger partial charge on any atom is 0.232 e. The van der Waals surface area contributed by atoms with Crippen LogP contribution in [0.4, 0.5) is 0 Å². The lowest BCUT2D eigenvalue weighted by molar-refractivity contribution is -0.137. The third-order valence-corrected chi connectivity index (χ3v) is 6.30. The van der Waals surface area contributed by atoms with Crippen LogP contribution in [0.25, 0.3) is 22.4 Å². The van der Waals surface area contributed by atoms with Crippen molar-refractivity contribution in [2.75, 3.05) is 19.6 Å². The van der Waals surface area contributed by atoms with Crippen LogP contribution in [-0.2, 0) is 16.8 Å². The Morgan fingerprint density at radius 1 is 1.00 bits per heavy atom. The lowest BCUT2D eigenvalue weighted by atomic mass is 9.82. The molecule has 0 unspecified atom stereocenters. The highest BCUT2D eigenvalue weighted by molar-refractivity contribution is 5.90. The minimum absolute atomic E-state index is 0.175. The van der Waals surface area contributed by atoms with E-state index in [1.165, 1.54) is 11.1 Å². The zero-order valence-electron chi connectivity index (χ0n) is 22.3. The van der Waals surface area contributed by atoms with E-state index in [1.807, 2.05) is 24.8 Å². The van der Waals surface area contributed by atoms with Gasteiger partial charge in [-0.05, 0) is 69.4 Å². The number of carbonyl (C=O) groups excluding carboxylic acids is 1. The fourth-order valence-corrected chi connectivity index (χ4v) is 4.83. The Balaban J connectivity index is 2.09. The predicted molar refractivity (Wildman–Crippen MR) is 143 cm³/mol. The molecule has 0 aliphatic carbocycles. The summed E-state index contributed by atoms with van der Waals surface area (Å²) in [6, 6.07) is 12.8. The zero-order valence-corrected chi connectivity index (χ0v) is 22.3. The molecule has 0 fully saturated rings. The molecule has 184 valence electrons. The quantitative estimate of drug-likeness (QED) is 0.444. The fourth-order valence-electron chi connectivity index (χ4n) is 4.83. The summed E-state index contributed by atoms with van der Waals surface area (Å²) in [5.41, 5.74) is 11.8. The third kappa shape index (κ3) is 5.52. The molecule has 1 heterocycles. The van der Waals surface area contributed by atoms with E-state index in [1.54, 1.807) is 0 Å². The highest BCUT2D eigenvalue weighted by Gasteiger charge is 2.35. The van der Waals surface area contributed by atoms with Gasteiger partial charge >= 0.3 is 0 Å². The maximum atomic E-state index is 13.8. The van der Waals surface area contributed by atoms with Crippen LogP contribution in [-0.4, -0.2) is 40.0 Å². The maximum absolute atomic E-state index is 13.8. The van der Waals surface area contributed by atoms with Gasteiger partial charge in [-0.1, -0.05) is 51.0 Å². The summed E-state index contributed by atoms with van der Waals surface area (Å²) in [5, 5.41) is 0. The number of hydrogen-bond donors (Lipinski definition) is 1. The van der Waals surface area contributed by atoms with Gasteiger partial charge in [-0.3, -0.25) is 4.79 Å². The van der Waals surface area contributed by atoms with Gasteiger partial charge in [0.15, 0.2) is 0 Å². The second-order valence-corrected chi connectivity index (χ2v) is 11.1. The molecule has 5 heteroatoms. The van der Waals surface area contributed by atoms with Gasteiger partial charge < -0.3 is 15.2 Å². The Morgan fingerprint density at radius 2 is 1.59 bits per heavy atom. The Bertz CT molecular complexity index is 1130. The first-order chi connectivity index (χ1) is 15.9. The van der Waals surface area contributed by atoms with E-state index in [-0.39, 0.29) is 5.91 Å². The summed E-state index contributed by atoms with van der Waals surface area (Å²) < 4.78 is 2.20. The minimum atomic E-state index is -0.643. The number of carbonyl (C=O) groups is 1. The number of amides is 1. The Kier molecular flexibility index (Phi) is 7.87. The number of fused-ring (bicyclic) bond motifs is 1. The molecule has 0 spiro atoms. The topological polar surface area (TPSA) is 64.2 Å². The van der Waals surface area contributed by atoms with Gasteiger partial charge in [-0.15, -0.1) is 0 Å². The molecule has 0 atom stereocenters. The summed E-state index contributed by atoms with van der Waals surface area (Å²) in [7, 11) is 0. The normalized spacial score (nSPS) is 12.2. The molecule has 0 saturated carbocycles. The van der Waals surface area contributed by atoms with E-state index in [0.29, 0.717) is 24.9 Å². The van der Waals surface area contributed by atoms with Crippen molar-refractivity contribution in [2.45, 2.75) is 67.3 Å². The molecule has 0 saturated heterocycles. The average Bonchev–Trinajstić information content (AvgIpc) is 3.09. The largest absolute Gasteiger partial charge is 0.341 e. The number of benzene rings is 2. The van der Waals surface area contributed by atoms with Gasteiger partial charge in [0.2, 0.25) is 5.91 Å². The van der Waals surface area contributed by atoms with E-state index in [0.717, 1.165) is 41.1 Å².